The van der Waals surface area contributed by atoms with Gasteiger partial charge in [0.25, 0.3) is 0 Å². The third kappa shape index (κ3) is 6.22. The lowest BCUT2D eigenvalue weighted by molar-refractivity contribution is 0.575. The molecule has 0 aliphatic rings. The highest BCUT2D eigenvalue weighted by Gasteiger charge is 2.03. The molecule has 0 bridgehead atoms. The molecule has 0 aromatic heterocycles. The molecule has 0 radical (unpaired) electrons. The minimum Gasteiger partial charge on any atom is -0.328 e. The molecule has 0 aliphatic carbocycles. The maximum atomic E-state index is 5.74. The van der Waals surface area contributed by atoms with Gasteiger partial charge < -0.3 is 11.1 Å². The molecule has 1 unspecified atom stereocenters. The van der Waals surface area contributed by atoms with Crippen LogP contribution in [0.3, 0.4) is 0 Å². The fourth-order valence-corrected chi connectivity index (χ4v) is 2.22. The first-order valence-corrected chi connectivity index (χ1v) is 7.56. The summed E-state index contributed by atoms with van der Waals surface area (Å²) in [5.41, 5.74) is 10.1. The van der Waals surface area contributed by atoms with Gasteiger partial charge in [0, 0.05) is 6.04 Å². The van der Waals surface area contributed by atoms with Crippen LogP contribution in [-0.2, 0) is 6.42 Å². The fraction of sp³-hybridized carbons (Fsp3) is 0.647. The Morgan fingerprint density at radius 3 is 2.53 bits per heavy atom. The van der Waals surface area contributed by atoms with Gasteiger partial charge >= 0.3 is 0 Å². The molecule has 0 spiro atoms. The zero-order valence-corrected chi connectivity index (χ0v) is 13.0. The topological polar surface area (TPSA) is 38.0 Å². The fourth-order valence-electron chi connectivity index (χ4n) is 2.22. The highest BCUT2D eigenvalue weighted by Crippen LogP contribution is 2.18. The number of hydrogen-bond donors (Lipinski definition) is 2. The van der Waals surface area contributed by atoms with Crippen LogP contribution in [0.2, 0.25) is 0 Å². The van der Waals surface area contributed by atoms with Gasteiger partial charge in [-0.2, -0.15) is 0 Å². The van der Waals surface area contributed by atoms with Gasteiger partial charge in [0.05, 0.1) is 0 Å². The summed E-state index contributed by atoms with van der Waals surface area (Å²) < 4.78 is 0. The molecule has 2 heteroatoms. The van der Waals surface area contributed by atoms with Gasteiger partial charge in [-0.25, -0.2) is 0 Å². The zero-order valence-electron chi connectivity index (χ0n) is 13.0. The minimum absolute atomic E-state index is 0.326. The summed E-state index contributed by atoms with van der Waals surface area (Å²) in [5.74, 6) is 0.610. The molecule has 0 heterocycles. The molecular weight excluding hydrogens is 232 g/mol. The second-order valence-electron chi connectivity index (χ2n) is 5.96. The van der Waals surface area contributed by atoms with Crippen molar-refractivity contribution < 1.29 is 0 Å². The predicted octanol–water partition coefficient (Wildman–Crippen LogP) is 3.38. The van der Waals surface area contributed by atoms with Gasteiger partial charge in [0.2, 0.25) is 0 Å². The van der Waals surface area contributed by atoms with Crippen LogP contribution in [-0.4, -0.2) is 19.1 Å². The molecule has 0 fully saturated rings. The summed E-state index contributed by atoms with van der Waals surface area (Å²) in [4.78, 5) is 0. The zero-order chi connectivity index (χ0) is 14.3. The molecule has 3 N–H and O–H groups in total. The number of hydrogen-bond acceptors (Lipinski definition) is 2. The summed E-state index contributed by atoms with van der Waals surface area (Å²) in [6.07, 6.45) is 3.39. The lowest BCUT2D eigenvalue weighted by atomic mass is 9.96. The normalized spacial score (nSPS) is 12.9. The predicted molar refractivity (Wildman–Crippen MR) is 84.7 cm³/mol. The molecular formula is C17H30N2. The number of benzene rings is 1. The van der Waals surface area contributed by atoms with E-state index in [4.69, 9.17) is 5.73 Å². The van der Waals surface area contributed by atoms with Gasteiger partial charge in [0.15, 0.2) is 0 Å². The monoisotopic (exact) mass is 262 g/mol. The maximum absolute atomic E-state index is 5.74. The van der Waals surface area contributed by atoms with Crippen LogP contribution in [0.15, 0.2) is 18.2 Å². The van der Waals surface area contributed by atoms with Crippen molar-refractivity contribution in [2.24, 2.45) is 5.73 Å². The summed E-state index contributed by atoms with van der Waals surface area (Å²) in [5, 5.41) is 3.51. The van der Waals surface area contributed by atoms with Crippen LogP contribution in [0.25, 0.3) is 0 Å². The Morgan fingerprint density at radius 2 is 1.89 bits per heavy atom. The number of aryl methyl sites for hydroxylation is 1. The molecule has 2 nitrogen and oxygen atoms in total. The van der Waals surface area contributed by atoms with Crippen LogP contribution in [0.1, 0.15) is 56.2 Å². The minimum atomic E-state index is 0.326. The summed E-state index contributed by atoms with van der Waals surface area (Å²) in [6.45, 7) is 10.9. The Hall–Kier alpha value is -0.860. The Balaban J connectivity index is 2.34. The van der Waals surface area contributed by atoms with Gasteiger partial charge in [-0.15, -0.1) is 0 Å². The molecule has 0 aliphatic heterocycles. The summed E-state index contributed by atoms with van der Waals surface area (Å²) in [6, 6.07) is 7.19. The van der Waals surface area contributed by atoms with Gasteiger partial charge in [-0.1, -0.05) is 32.0 Å². The Morgan fingerprint density at radius 1 is 1.16 bits per heavy atom. The number of nitrogens with one attached hydrogen (secondary N) is 1. The van der Waals surface area contributed by atoms with Crippen molar-refractivity contribution in [3.05, 3.63) is 34.9 Å². The van der Waals surface area contributed by atoms with Gasteiger partial charge in [0.1, 0.15) is 0 Å². The average molecular weight is 262 g/mol. The van der Waals surface area contributed by atoms with E-state index in [9.17, 15) is 0 Å². The third-order valence-electron chi connectivity index (χ3n) is 3.62. The van der Waals surface area contributed by atoms with Crippen molar-refractivity contribution in [3.8, 4) is 0 Å². The Kier molecular flexibility index (Phi) is 7.11. The first kappa shape index (κ1) is 16.2. The molecule has 1 rings (SSSR count). The smallest absolute Gasteiger partial charge is 0.00109 e. The third-order valence-corrected chi connectivity index (χ3v) is 3.62. The number of nitrogens with two attached hydrogens (primary N) is 1. The lowest BCUT2D eigenvalue weighted by Crippen LogP contribution is -2.22. The molecule has 0 amide bonds. The quantitative estimate of drug-likeness (QED) is 0.705. The molecule has 0 saturated heterocycles. The molecule has 1 atom stereocenters. The van der Waals surface area contributed by atoms with E-state index in [2.05, 4.69) is 51.2 Å². The van der Waals surface area contributed by atoms with Crippen molar-refractivity contribution >= 4 is 0 Å². The van der Waals surface area contributed by atoms with E-state index >= 15 is 0 Å². The second-order valence-corrected chi connectivity index (χ2v) is 5.96. The summed E-state index contributed by atoms with van der Waals surface area (Å²) >= 11 is 0. The lowest BCUT2D eigenvalue weighted by Gasteiger charge is -2.12. The molecule has 0 saturated carbocycles. The molecule has 19 heavy (non-hydrogen) atoms. The van der Waals surface area contributed by atoms with E-state index in [0.717, 1.165) is 25.9 Å². The van der Waals surface area contributed by atoms with E-state index in [1.165, 1.54) is 23.1 Å². The van der Waals surface area contributed by atoms with Gasteiger partial charge in [-0.05, 0) is 68.8 Å². The van der Waals surface area contributed by atoms with Crippen molar-refractivity contribution in [2.45, 2.75) is 58.9 Å². The standard InChI is InChI=1S/C17H30N2/c1-13(2)16-8-7-14(3)17(12-16)9-11-19-10-5-6-15(4)18/h7-8,12-13,15,19H,5-6,9-11,18H2,1-4H3. The van der Waals surface area contributed by atoms with Gasteiger partial charge in [-0.3, -0.25) is 0 Å². The largest absolute Gasteiger partial charge is 0.328 e. The van der Waals surface area contributed by atoms with E-state index in [-0.39, 0.29) is 0 Å². The number of rotatable bonds is 8. The molecule has 1 aromatic rings. The van der Waals surface area contributed by atoms with Crippen molar-refractivity contribution in [1.29, 1.82) is 0 Å². The first-order valence-electron chi connectivity index (χ1n) is 7.56. The average Bonchev–Trinajstić information content (AvgIpc) is 2.34. The van der Waals surface area contributed by atoms with E-state index in [0.29, 0.717) is 12.0 Å². The SMILES string of the molecule is Cc1ccc(C(C)C)cc1CCNCCCC(C)N. The van der Waals surface area contributed by atoms with Crippen molar-refractivity contribution in [2.75, 3.05) is 13.1 Å². The Bertz CT molecular complexity index is 370. The molecule has 1 aromatic carbocycles. The van der Waals surface area contributed by atoms with Crippen LogP contribution in [0.4, 0.5) is 0 Å². The Labute approximate surface area is 118 Å². The summed E-state index contributed by atoms with van der Waals surface area (Å²) in [7, 11) is 0. The second kappa shape index (κ2) is 8.34. The van der Waals surface area contributed by atoms with Crippen molar-refractivity contribution in [3.63, 3.8) is 0 Å². The van der Waals surface area contributed by atoms with E-state index in [1.807, 2.05) is 0 Å². The maximum Gasteiger partial charge on any atom is 0.00109 e. The molecule has 108 valence electrons. The van der Waals surface area contributed by atoms with Crippen LogP contribution >= 0.6 is 0 Å². The van der Waals surface area contributed by atoms with Crippen LogP contribution in [0.5, 0.6) is 0 Å². The van der Waals surface area contributed by atoms with Crippen LogP contribution in [0, 0.1) is 6.92 Å². The first-order chi connectivity index (χ1) is 9.00. The van der Waals surface area contributed by atoms with E-state index in [1.54, 1.807) is 0 Å². The van der Waals surface area contributed by atoms with Crippen molar-refractivity contribution in [1.82, 2.24) is 5.32 Å². The highest BCUT2D eigenvalue weighted by atomic mass is 14.8. The highest BCUT2D eigenvalue weighted by molar-refractivity contribution is 5.32. The van der Waals surface area contributed by atoms with Crippen LogP contribution < -0.4 is 11.1 Å². The van der Waals surface area contributed by atoms with E-state index < -0.39 is 0 Å².